The molecule has 2 aliphatic rings. The molecular formula is C22H25ClN6O3. The number of amides is 1. The number of hydrogen-bond acceptors (Lipinski definition) is 6. The molecule has 3 N–H and O–H groups in total. The molecular weight excluding hydrogens is 432 g/mol. The molecule has 1 atom stereocenters. The Morgan fingerprint density at radius 2 is 2.16 bits per heavy atom. The summed E-state index contributed by atoms with van der Waals surface area (Å²) in [5, 5.41) is 7.36. The Balaban J connectivity index is 1.30. The van der Waals surface area contributed by atoms with E-state index in [4.69, 9.17) is 16.3 Å². The Kier molecular flexibility index (Phi) is 5.84. The predicted molar refractivity (Wildman–Crippen MR) is 121 cm³/mol. The fraction of sp³-hybridized carbons (Fsp3) is 0.455. The molecule has 0 spiro atoms. The maximum Gasteiger partial charge on any atom is 0.294 e. The molecule has 0 unspecified atom stereocenters. The molecule has 5 heterocycles. The SMILES string of the molecule is O=C(NCc1cc2cnccc2[nH]1)[C@@H]1CCc2c(Cl)nc(NCC3CCOCC3)c(=O)n21. The van der Waals surface area contributed by atoms with Crippen LogP contribution in [-0.4, -0.2) is 45.2 Å². The van der Waals surface area contributed by atoms with Crippen LogP contribution in [0.4, 0.5) is 5.82 Å². The first-order chi connectivity index (χ1) is 15.6. The molecule has 0 aliphatic carbocycles. The largest absolute Gasteiger partial charge is 0.381 e. The number of fused-ring (bicyclic) bond motifs is 2. The van der Waals surface area contributed by atoms with Crippen LogP contribution in [0.15, 0.2) is 29.3 Å². The highest BCUT2D eigenvalue weighted by atomic mass is 35.5. The second kappa shape index (κ2) is 8.91. The van der Waals surface area contributed by atoms with Gasteiger partial charge in [0.15, 0.2) is 11.0 Å². The number of H-pyrrole nitrogens is 1. The molecule has 0 aromatic carbocycles. The molecule has 1 amide bonds. The van der Waals surface area contributed by atoms with E-state index >= 15 is 0 Å². The molecule has 0 saturated carbocycles. The summed E-state index contributed by atoms with van der Waals surface area (Å²) in [5.74, 6) is 0.418. The summed E-state index contributed by atoms with van der Waals surface area (Å²) in [6, 6.07) is 3.24. The zero-order chi connectivity index (χ0) is 22.1. The first-order valence-electron chi connectivity index (χ1n) is 10.9. The zero-order valence-corrected chi connectivity index (χ0v) is 18.3. The minimum atomic E-state index is -0.604. The number of rotatable bonds is 6. The highest BCUT2D eigenvalue weighted by molar-refractivity contribution is 6.30. The van der Waals surface area contributed by atoms with Crippen LogP contribution in [0.1, 0.15) is 36.7 Å². The minimum absolute atomic E-state index is 0.202. The maximum atomic E-state index is 13.2. The Morgan fingerprint density at radius 1 is 1.31 bits per heavy atom. The van der Waals surface area contributed by atoms with E-state index in [0.717, 1.165) is 42.7 Å². The molecule has 0 bridgehead atoms. The number of ether oxygens (including phenoxy) is 1. The lowest BCUT2D eigenvalue weighted by atomic mass is 10.0. The number of anilines is 1. The third-order valence-electron chi connectivity index (χ3n) is 6.26. The minimum Gasteiger partial charge on any atom is -0.381 e. The Morgan fingerprint density at radius 3 is 2.97 bits per heavy atom. The first-order valence-corrected chi connectivity index (χ1v) is 11.3. The Hall–Kier alpha value is -2.91. The number of carbonyl (C=O) groups is 1. The molecule has 0 radical (unpaired) electrons. The molecule has 168 valence electrons. The molecule has 10 heteroatoms. The van der Waals surface area contributed by atoms with E-state index in [9.17, 15) is 9.59 Å². The van der Waals surface area contributed by atoms with Crippen LogP contribution in [0.3, 0.4) is 0 Å². The number of halogens is 1. The van der Waals surface area contributed by atoms with Gasteiger partial charge in [0.1, 0.15) is 6.04 Å². The van der Waals surface area contributed by atoms with Crippen molar-refractivity contribution in [1.82, 2.24) is 24.8 Å². The van der Waals surface area contributed by atoms with E-state index in [2.05, 4.69) is 25.6 Å². The van der Waals surface area contributed by atoms with Gasteiger partial charge < -0.3 is 20.4 Å². The summed E-state index contributed by atoms with van der Waals surface area (Å²) in [6.07, 6.45) is 6.44. The Labute approximate surface area is 189 Å². The fourth-order valence-corrected chi connectivity index (χ4v) is 4.76. The molecule has 2 aliphatic heterocycles. The second-order valence-corrected chi connectivity index (χ2v) is 8.70. The summed E-state index contributed by atoms with van der Waals surface area (Å²) >= 11 is 6.38. The van der Waals surface area contributed by atoms with Crippen molar-refractivity contribution in [1.29, 1.82) is 0 Å². The van der Waals surface area contributed by atoms with Crippen molar-refractivity contribution in [3.05, 3.63) is 51.4 Å². The third-order valence-corrected chi connectivity index (χ3v) is 6.56. The van der Waals surface area contributed by atoms with Crippen LogP contribution in [0.25, 0.3) is 10.9 Å². The number of aromatic nitrogens is 4. The average molecular weight is 457 g/mol. The highest BCUT2D eigenvalue weighted by Crippen LogP contribution is 2.29. The van der Waals surface area contributed by atoms with Gasteiger partial charge in [-0.25, -0.2) is 4.98 Å². The maximum absolute atomic E-state index is 13.2. The molecule has 9 nitrogen and oxygen atoms in total. The highest BCUT2D eigenvalue weighted by Gasteiger charge is 2.32. The summed E-state index contributed by atoms with van der Waals surface area (Å²) in [4.78, 5) is 37.8. The normalized spacial score (nSPS) is 18.6. The molecule has 3 aromatic rings. The standard InChI is InChI=1S/C22H25ClN6O3/c23-19-17-1-2-18(21(30)26-12-15-9-14-11-24-6-3-16(14)27-15)29(17)22(31)20(28-19)25-10-13-4-7-32-8-5-13/h3,6,9,11,13,18,27H,1-2,4-5,7-8,10,12H2,(H,25,28)(H,26,30)/t18-/m0/s1. The summed E-state index contributed by atoms with van der Waals surface area (Å²) in [5.41, 5.74) is 2.15. The van der Waals surface area contributed by atoms with E-state index in [0.29, 0.717) is 37.5 Å². The topological polar surface area (TPSA) is 114 Å². The van der Waals surface area contributed by atoms with E-state index in [1.165, 1.54) is 4.57 Å². The van der Waals surface area contributed by atoms with Crippen molar-refractivity contribution in [2.24, 2.45) is 5.92 Å². The van der Waals surface area contributed by atoms with Gasteiger partial charge in [-0.2, -0.15) is 0 Å². The second-order valence-electron chi connectivity index (χ2n) is 8.34. The van der Waals surface area contributed by atoms with Gasteiger partial charge in [-0.15, -0.1) is 0 Å². The lowest BCUT2D eigenvalue weighted by Gasteiger charge is -2.22. The number of nitrogens with one attached hydrogen (secondary N) is 3. The van der Waals surface area contributed by atoms with Crippen LogP contribution >= 0.6 is 11.6 Å². The quantitative estimate of drug-likeness (QED) is 0.525. The molecule has 1 saturated heterocycles. The van der Waals surface area contributed by atoms with Gasteiger partial charge in [-0.3, -0.25) is 19.1 Å². The van der Waals surface area contributed by atoms with Crippen LogP contribution in [-0.2, 0) is 22.5 Å². The summed E-state index contributed by atoms with van der Waals surface area (Å²) in [6.45, 7) is 2.44. The van der Waals surface area contributed by atoms with Gasteiger partial charge in [0.25, 0.3) is 5.56 Å². The van der Waals surface area contributed by atoms with E-state index in [1.807, 2.05) is 12.1 Å². The van der Waals surface area contributed by atoms with Crippen LogP contribution in [0, 0.1) is 5.92 Å². The van der Waals surface area contributed by atoms with Crippen LogP contribution in [0.2, 0.25) is 5.15 Å². The first kappa shape index (κ1) is 21.0. The van der Waals surface area contributed by atoms with E-state index in [1.54, 1.807) is 12.4 Å². The number of hydrogen-bond donors (Lipinski definition) is 3. The molecule has 3 aromatic heterocycles. The van der Waals surface area contributed by atoms with Crippen molar-refractivity contribution >= 4 is 34.2 Å². The number of nitrogens with zero attached hydrogens (tertiary/aromatic N) is 3. The van der Waals surface area contributed by atoms with E-state index in [-0.39, 0.29) is 22.4 Å². The monoisotopic (exact) mass is 456 g/mol. The van der Waals surface area contributed by atoms with Crippen molar-refractivity contribution in [2.45, 2.75) is 38.3 Å². The van der Waals surface area contributed by atoms with Crippen LogP contribution < -0.4 is 16.2 Å². The Bertz CT molecular complexity index is 1170. The van der Waals surface area contributed by atoms with Gasteiger partial charge in [0.2, 0.25) is 5.91 Å². The lowest BCUT2D eigenvalue weighted by molar-refractivity contribution is -0.124. The number of carbonyl (C=O) groups excluding carboxylic acids is 1. The van der Waals surface area contributed by atoms with Crippen molar-refractivity contribution < 1.29 is 9.53 Å². The van der Waals surface area contributed by atoms with Gasteiger partial charge in [-0.05, 0) is 43.7 Å². The predicted octanol–water partition coefficient (Wildman–Crippen LogP) is 2.42. The fourth-order valence-electron chi connectivity index (χ4n) is 4.49. The molecule has 1 fully saturated rings. The van der Waals surface area contributed by atoms with Crippen molar-refractivity contribution in [3.8, 4) is 0 Å². The lowest BCUT2D eigenvalue weighted by Crippen LogP contribution is -2.37. The van der Waals surface area contributed by atoms with Crippen molar-refractivity contribution in [2.75, 3.05) is 25.1 Å². The van der Waals surface area contributed by atoms with Gasteiger partial charge in [-0.1, -0.05) is 11.6 Å². The third kappa shape index (κ3) is 4.10. The molecule has 5 rings (SSSR count). The number of pyridine rings is 1. The summed E-state index contributed by atoms with van der Waals surface area (Å²) in [7, 11) is 0. The zero-order valence-electron chi connectivity index (χ0n) is 17.6. The summed E-state index contributed by atoms with van der Waals surface area (Å²) < 4.78 is 6.89. The van der Waals surface area contributed by atoms with Crippen LogP contribution in [0.5, 0.6) is 0 Å². The van der Waals surface area contributed by atoms with Crippen molar-refractivity contribution in [3.63, 3.8) is 0 Å². The average Bonchev–Trinajstić information content (AvgIpc) is 3.44. The molecule has 32 heavy (non-hydrogen) atoms. The number of aromatic amines is 1. The van der Waals surface area contributed by atoms with Gasteiger partial charge in [0, 0.05) is 48.7 Å². The van der Waals surface area contributed by atoms with Gasteiger partial charge in [0.05, 0.1) is 12.2 Å². The van der Waals surface area contributed by atoms with Gasteiger partial charge >= 0.3 is 0 Å². The van der Waals surface area contributed by atoms with E-state index < -0.39 is 6.04 Å². The smallest absolute Gasteiger partial charge is 0.294 e.